The zero-order valence-corrected chi connectivity index (χ0v) is 16.4. The molecule has 1 aliphatic rings. The largest absolute Gasteiger partial charge is 0.342 e. The van der Waals surface area contributed by atoms with Crippen molar-refractivity contribution in [2.75, 3.05) is 0 Å². The summed E-state index contributed by atoms with van der Waals surface area (Å²) in [7, 11) is 0. The van der Waals surface area contributed by atoms with Gasteiger partial charge in [-0.1, -0.05) is 36.4 Å². The van der Waals surface area contributed by atoms with E-state index in [1.165, 1.54) is 11.0 Å². The number of aromatic nitrogens is 1. The van der Waals surface area contributed by atoms with Crippen LogP contribution in [0.25, 0.3) is 17.0 Å². The molecule has 2 aromatic carbocycles. The molecule has 1 aromatic heterocycles. The topological polar surface area (TPSA) is 42.3 Å². The van der Waals surface area contributed by atoms with Gasteiger partial charge in [-0.05, 0) is 43.8 Å². The minimum absolute atomic E-state index is 0.180. The van der Waals surface area contributed by atoms with Crippen LogP contribution in [0.4, 0.5) is 9.18 Å². The molecule has 4 nitrogen and oxygen atoms in total. The predicted octanol–water partition coefficient (Wildman–Crippen LogP) is 5.27. The maximum atomic E-state index is 14.1. The number of para-hydroxylation sites is 1. The number of fused-ring (bicyclic) bond motifs is 1. The minimum atomic E-state index is -0.268. The van der Waals surface area contributed by atoms with Crippen LogP contribution in [0.2, 0.25) is 0 Å². The number of carbonyl (C=O) groups is 2. The predicted molar refractivity (Wildman–Crippen MR) is 110 cm³/mol. The molecule has 1 aliphatic heterocycles. The van der Waals surface area contributed by atoms with E-state index in [2.05, 4.69) is 0 Å². The first kappa shape index (κ1) is 18.5. The molecule has 1 fully saturated rings. The highest BCUT2D eigenvalue weighted by Crippen LogP contribution is 2.35. The molecular formula is C22H19FN2O2S. The smallest absolute Gasteiger partial charge is 0.293 e. The Balaban J connectivity index is 1.76. The second-order valence-corrected chi connectivity index (χ2v) is 7.96. The summed E-state index contributed by atoms with van der Waals surface area (Å²) in [4.78, 5) is 26.4. The second-order valence-electron chi connectivity index (χ2n) is 6.97. The summed E-state index contributed by atoms with van der Waals surface area (Å²) in [5.74, 6) is -0.518. The van der Waals surface area contributed by atoms with Gasteiger partial charge in [0, 0.05) is 34.3 Å². The highest BCUT2D eigenvalue weighted by atomic mass is 32.2. The molecule has 0 atom stereocenters. The van der Waals surface area contributed by atoms with Gasteiger partial charge >= 0.3 is 0 Å². The van der Waals surface area contributed by atoms with Crippen LogP contribution >= 0.6 is 11.8 Å². The van der Waals surface area contributed by atoms with Gasteiger partial charge in [-0.2, -0.15) is 0 Å². The van der Waals surface area contributed by atoms with Gasteiger partial charge in [-0.15, -0.1) is 0 Å². The second kappa shape index (κ2) is 7.28. The van der Waals surface area contributed by atoms with Crippen molar-refractivity contribution in [2.24, 2.45) is 0 Å². The van der Waals surface area contributed by atoms with Gasteiger partial charge in [-0.25, -0.2) is 4.39 Å². The zero-order chi connectivity index (χ0) is 19.8. The molecule has 0 unspecified atom stereocenters. The Bertz CT molecular complexity index is 1120. The standard InChI is InChI=1S/C22H19FN2O2S/c1-14(2)25-21(26)20(28-22(25)27)11-16-13-24(19-10-6-4-8-17(16)19)12-15-7-3-5-9-18(15)23/h3-11,13-14H,12H2,1-2H3/b20-11+. The Morgan fingerprint density at radius 2 is 1.79 bits per heavy atom. The lowest BCUT2D eigenvalue weighted by atomic mass is 10.1. The van der Waals surface area contributed by atoms with Crippen molar-refractivity contribution < 1.29 is 14.0 Å². The molecule has 0 radical (unpaired) electrons. The van der Waals surface area contributed by atoms with Crippen molar-refractivity contribution >= 4 is 39.9 Å². The van der Waals surface area contributed by atoms with E-state index in [9.17, 15) is 14.0 Å². The van der Waals surface area contributed by atoms with Crippen LogP contribution in [0, 0.1) is 5.82 Å². The number of hydrogen-bond acceptors (Lipinski definition) is 3. The van der Waals surface area contributed by atoms with Crippen LogP contribution in [-0.4, -0.2) is 26.7 Å². The average Bonchev–Trinajstić information content (AvgIpc) is 3.14. The molecule has 2 amide bonds. The summed E-state index contributed by atoms with van der Waals surface area (Å²) in [5.41, 5.74) is 2.37. The Kier molecular flexibility index (Phi) is 4.81. The van der Waals surface area contributed by atoms with E-state index in [1.807, 2.05) is 54.9 Å². The van der Waals surface area contributed by atoms with Crippen molar-refractivity contribution in [1.82, 2.24) is 9.47 Å². The van der Waals surface area contributed by atoms with E-state index >= 15 is 0 Å². The number of thioether (sulfide) groups is 1. The molecule has 0 bridgehead atoms. The van der Waals surface area contributed by atoms with Crippen LogP contribution in [0.1, 0.15) is 25.0 Å². The van der Waals surface area contributed by atoms with Crippen LogP contribution in [0.3, 0.4) is 0 Å². The summed E-state index contributed by atoms with van der Waals surface area (Å²) in [6.45, 7) is 4.02. The van der Waals surface area contributed by atoms with E-state index < -0.39 is 0 Å². The maximum Gasteiger partial charge on any atom is 0.293 e. The summed E-state index contributed by atoms with van der Waals surface area (Å²) in [6.07, 6.45) is 3.66. The summed E-state index contributed by atoms with van der Waals surface area (Å²) >= 11 is 0.958. The zero-order valence-electron chi connectivity index (χ0n) is 15.6. The van der Waals surface area contributed by atoms with E-state index in [1.54, 1.807) is 18.2 Å². The third-order valence-electron chi connectivity index (χ3n) is 4.74. The number of nitrogens with zero attached hydrogens (tertiary/aromatic N) is 2. The van der Waals surface area contributed by atoms with Crippen molar-refractivity contribution in [3.05, 3.63) is 76.6 Å². The Morgan fingerprint density at radius 1 is 1.07 bits per heavy atom. The molecule has 0 spiro atoms. The SMILES string of the molecule is CC(C)N1C(=O)S/C(=C/c2cn(Cc3ccccc3F)c3ccccc23)C1=O. The summed E-state index contributed by atoms with van der Waals surface area (Å²) in [6, 6.07) is 14.3. The Hall–Kier alpha value is -2.86. The van der Waals surface area contributed by atoms with Crippen LogP contribution in [0.5, 0.6) is 0 Å². The van der Waals surface area contributed by atoms with Crippen LogP contribution in [0.15, 0.2) is 59.6 Å². The fourth-order valence-electron chi connectivity index (χ4n) is 3.40. The van der Waals surface area contributed by atoms with Gasteiger partial charge in [0.15, 0.2) is 0 Å². The van der Waals surface area contributed by atoms with Crippen LogP contribution < -0.4 is 0 Å². The lowest BCUT2D eigenvalue weighted by Gasteiger charge is -2.16. The molecule has 142 valence electrons. The molecule has 1 saturated heterocycles. The number of carbonyl (C=O) groups excluding carboxylic acids is 2. The Labute approximate surface area is 166 Å². The van der Waals surface area contributed by atoms with Gasteiger partial charge in [0.25, 0.3) is 11.1 Å². The monoisotopic (exact) mass is 394 g/mol. The fourth-order valence-corrected chi connectivity index (χ4v) is 4.35. The summed E-state index contributed by atoms with van der Waals surface area (Å²) < 4.78 is 16.1. The van der Waals surface area contributed by atoms with Gasteiger partial charge in [0.2, 0.25) is 0 Å². The molecular weight excluding hydrogens is 375 g/mol. The highest BCUT2D eigenvalue weighted by molar-refractivity contribution is 8.18. The maximum absolute atomic E-state index is 14.1. The minimum Gasteiger partial charge on any atom is -0.342 e. The molecule has 0 saturated carbocycles. The quantitative estimate of drug-likeness (QED) is 0.566. The lowest BCUT2D eigenvalue weighted by Crippen LogP contribution is -2.34. The van der Waals surface area contributed by atoms with E-state index in [0.717, 1.165) is 28.2 Å². The molecule has 6 heteroatoms. The third kappa shape index (κ3) is 3.24. The van der Waals surface area contributed by atoms with Gasteiger partial charge < -0.3 is 4.57 Å². The van der Waals surface area contributed by atoms with Gasteiger partial charge in [0.1, 0.15) is 5.82 Å². The van der Waals surface area contributed by atoms with Crippen molar-refractivity contribution in [3.8, 4) is 0 Å². The normalized spacial score (nSPS) is 16.1. The highest BCUT2D eigenvalue weighted by Gasteiger charge is 2.36. The first-order valence-corrected chi connectivity index (χ1v) is 9.85. The van der Waals surface area contributed by atoms with Gasteiger partial charge in [-0.3, -0.25) is 14.5 Å². The molecule has 28 heavy (non-hydrogen) atoms. The third-order valence-corrected chi connectivity index (χ3v) is 5.63. The van der Waals surface area contributed by atoms with Crippen molar-refractivity contribution in [2.45, 2.75) is 26.4 Å². The molecule has 3 aromatic rings. The Morgan fingerprint density at radius 3 is 2.50 bits per heavy atom. The molecule has 0 N–H and O–H groups in total. The molecule has 2 heterocycles. The van der Waals surface area contributed by atoms with Gasteiger partial charge in [0.05, 0.1) is 11.4 Å². The van der Waals surface area contributed by atoms with Crippen LogP contribution in [-0.2, 0) is 11.3 Å². The van der Waals surface area contributed by atoms with E-state index in [0.29, 0.717) is 17.0 Å². The number of imide groups is 1. The average molecular weight is 394 g/mol. The van der Waals surface area contributed by atoms with Crippen molar-refractivity contribution in [3.63, 3.8) is 0 Å². The number of rotatable bonds is 4. The number of hydrogen-bond donors (Lipinski definition) is 0. The van der Waals surface area contributed by atoms with Crippen molar-refractivity contribution in [1.29, 1.82) is 0 Å². The van der Waals surface area contributed by atoms with E-state index in [4.69, 9.17) is 0 Å². The lowest BCUT2D eigenvalue weighted by molar-refractivity contribution is -0.123. The summed E-state index contributed by atoms with van der Waals surface area (Å²) in [5, 5.41) is 0.705. The number of amides is 2. The first-order chi connectivity index (χ1) is 13.5. The number of benzene rings is 2. The fraction of sp³-hybridized carbons (Fsp3) is 0.182. The first-order valence-electron chi connectivity index (χ1n) is 9.04. The number of halogens is 1. The molecule has 4 rings (SSSR count). The molecule has 0 aliphatic carbocycles. The van der Waals surface area contributed by atoms with E-state index in [-0.39, 0.29) is 23.0 Å².